The van der Waals surface area contributed by atoms with Crippen LogP contribution in [0.5, 0.6) is 5.75 Å². The summed E-state index contributed by atoms with van der Waals surface area (Å²) in [6, 6.07) is 5.55. The van der Waals surface area contributed by atoms with Crippen molar-refractivity contribution in [3.05, 3.63) is 34.9 Å². The molecule has 0 saturated heterocycles. The molecule has 1 N–H and O–H groups in total. The molecule has 1 heterocycles. The first-order valence-corrected chi connectivity index (χ1v) is 6.63. The molecule has 1 aliphatic heterocycles. The lowest BCUT2D eigenvalue weighted by Crippen LogP contribution is -2.24. The Morgan fingerprint density at radius 2 is 2.14 bits per heavy atom. The van der Waals surface area contributed by atoms with Crippen LogP contribution < -0.4 is 4.74 Å². The monoisotopic (exact) mass is 290 g/mol. The van der Waals surface area contributed by atoms with Crippen LogP contribution in [-0.2, 0) is 20.7 Å². The van der Waals surface area contributed by atoms with Crippen molar-refractivity contribution in [2.45, 2.75) is 32.3 Å². The van der Waals surface area contributed by atoms with Gasteiger partial charge in [0.05, 0.1) is 13.5 Å². The molecule has 0 fully saturated rings. The Balaban J connectivity index is 2.31. The fraction of sp³-hybridized carbons (Fsp3) is 0.375. The summed E-state index contributed by atoms with van der Waals surface area (Å²) in [5.74, 6) is -0.873. The highest BCUT2D eigenvalue weighted by atomic mass is 16.5. The molecule has 1 aromatic rings. The lowest BCUT2D eigenvalue weighted by Gasteiger charge is -2.16. The number of benzene rings is 1. The second-order valence-electron chi connectivity index (χ2n) is 5.64. The fourth-order valence-corrected chi connectivity index (χ4v) is 2.40. The van der Waals surface area contributed by atoms with Crippen LogP contribution in [0.25, 0.3) is 6.08 Å². The van der Waals surface area contributed by atoms with Crippen molar-refractivity contribution in [3.8, 4) is 5.75 Å². The lowest BCUT2D eigenvalue weighted by molar-refractivity contribution is -0.141. The standard InChI is InChI=1S/C16H18O5/c1-16(2)9-12-7-10(4-5-13(12)21-16)6-11(8-14(17)18)15(19)20-3/h4-7H,8-9H2,1-3H3,(H,17,18). The molecule has 112 valence electrons. The van der Waals surface area contributed by atoms with Crippen molar-refractivity contribution in [2.75, 3.05) is 7.11 Å². The van der Waals surface area contributed by atoms with Gasteiger partial charge in [-0.25, -0.2) is 4.79 Å². The third-order valence-corrected chi connectivity index (χ3v) is 3.22. The summed E-state index contributed by atoms with van der Waals surface area (Å²) in [7, 11) is 1.23. The Morgan fingerprint density at radius 1 is 1.43 bits per heavy atom. The molecule has 0 bridgehead atoms. The maximum absolute atomic E-state index is 11.6. The Morgan fingerprint density at radius 3 is 2.76 bits per heavy atom. The molecule has 5 heteroatoms. The molecule has 1 aliphatic rings. The SMILES string of the molecule is COC(=O)C(=Cc1ccc2c(c1)CC(C)(C)O2)CC(=O)O. The van der Waals surface area contributed by atoms with E-state index in [9.17, 15) is 9.59 Å². The fourth-order valence-electron chi connectivity index (χ4n) is 2.40. The number of carbonyl (C=O) groups is 2. The molecule has 0 unspecified atom stereocenters. The molecule has 0 aromatic heterocycles. The maximum Gasteiger partial charge on any atom is 0.334 e. The minimum atomic E-state index is -1.07. The third-order valence-electron chi connectivity index (χ3n) is 3.22. The van der Waals surface area contributed by atoms with E-state index in [1.54, 1.807) is 12.1 Å². The van der Waals surface area contributed by atoms with Gasteiger partial charge in [-0.15, -0.1) is 0 Å². The molecule has 1 aromatic carbocycles. The number of carboxylic acids is 1. The first-order valence-electron chi connectivity index (χ1n) is 6.63. The number of esters is 1. The first kappa shape index (κ1) is 15.1. The van der Waals surface area contributed by atoms with Crippen LogP contribution in [0.15, 0.2) is 23.8 Å². The van der Waals surface area contributed by atoms with Crippen molar-refractivity contribution < 1.29 is 24.2 Å². The minimum Gasteiger partial charge on any atom is -0.487 e. The Kier molecular flexibility index (Phi) is 4.02. The van der Waals surface area contributed by atoms with E-state index in [2.05, 4.69) is 4.74 Å². The van der Waals surface area contributed by atoms with E-state index >= 15 is 0 Å². The van der Waals surface area contributed by atoms with Gasteiger partial charge >= 0.3 is 11.9 Å². The van der Waals surface area contributed by atoms with Crippen molar-refractivity contribution in [2.24, 2.45) is 0 Å². The summed E-state index contributed by atoms with van der Waals surface area (Å²) in [5.41, 5.74) is 1.69. The zero-order chi connectivity index (χ0) is 15.6. The second-order valence-corrected chi connectivity index (χ2v) is 5.64. The van der Waals surface area contributed by atoms with E-state index in [-0.39, 0.29) is 17.6 Å². The highest BCUT2D eigenvalue weighted by Gasteiger charge is 2.29. The molecule has 0 atom stereocenters. The van der Waals surface area contributed by atoms with Crippen LogP contribution in [0.3, 0.4) is 0 Å². The van der Waals surface area contributed by atoms with E-state index in [0.29, 0.717) is 0 Å². The van der Waals surface area contributed by atoms with Gasteiger partial charge in [0.25, 0.3) is 0 Å². The Hall–Kier alpha value is -2.30. The smallest absolute Gasteiger partial charge is 0.334 e. The van der Waals surface area contributed by atoms with E-state index in [1.807, 2.05) is 26.0 Å². The number of fused-ring (bicyclic) bond motifs is 1. The second kappa shape index (κ2) is 5.60. The minimum absolute atomic E-state index is 0.114. The first-order chi connectivity index (χ1) is 9.80. The average molecular weight is 290 g/mol. The molecule has 0 amide bonds. The zero-order valence-corrected chi connectivity index (χ0v) is 12.3. The molecule has 2 rings (SSSR count). The maximum atomic E-state index is 11.6. The van der Waals surface area contributed by atoms with Gasteiger partial charge in [-0.05, 0) is 43.2 Å². The van der Waals surface area contributed by atoms with E-state index in [0.717, 1.165) is 23.3 Å². The van der Waals surface area contributed by atoms with Gasteiger partial charge in [0.15, 0.2) is 0 Å². The van der Waals surface area contributed by atoms with Gasteiger partial charge in [-0.2, -0.15) is 0 Å². The molecule has 0 saturated carbocycles. The summed E-state index contributed by atoms with van der Waals surface area (Å²) in [6.07, 6.45) is 1.95. The number of hydrogen-bond donors (Lipinski definition) is 1. The highest BCUT2D eigenvalue weighted by Crippen LogP contribution is 2.35. The molecule has 0 spiro atoms. The van der Waals surface area contributed by atoms with Crippen LogP contribution in [0.2, 0.25) is 0 Å². The van der Waals surface area contributed by atoms with Crippen LogP contribution in [0.4, 0.5) is 0 Å². The van der Waals surface area contributed by atoms with Crippen molar-refractivity contribution in [1.82, 2.24) is 0 Å². The summed E-state index contributed by atoms with van der Waals surface area (Å²) in [6.45, 7) is 4.01. The lowest BCUT2D eigenvalue weighted by atomic mass is 9.99. The predicted molar refractivity (Wildman–Crippen MR) is 77.1 cm³/mol. The summed E-state index contributed by atoms with van der Waals surface area (Å²) in [5, 5.41) is 8.86. The van der Waals surface area contributed by atoms with Crippen molar-refractivity contribution in [1.29, 1.82) is 0 Å². The van der Waals surface area contributed by atoms with Crippen molar-refractivity contribution >= 4 is 18.0 Å². The molecule has 0 aliphatic carbocycles. The largest absolute Gasteiger partial charge is 0.487 e. The number of aliphatic carboxylic acids is 1. The van der Waals surface area contributed by atoms with Gasteiger partial charge in [0.2, 0.25) is 0 Å². The number of ether oxygens (including phenoxy) is 2. The molecule has 0 radical (unpaired) electrons. The molecular weight excluding hydrogens is 272 g/mol. The quantitative estimate of drug-likeness (QED) is 0.681. The third kappa shape index (κ3) is 3.62. The van der Waals surface area contributed by atoms with Crippen LogP contribution in [-0.4, -0.2) is 29.8 Å². The average Bonchev–Trinajstić information content (AvgIpc) is 2.69. The van der Waals surface area contributed by atoms with Gasteiger partial charge in [0, 0.05) is 12.0 Å². The molecule has 21 heavy (non-hydrogen) atoms. The number of hydrogen-bond acceptors (Lipinski definition) is 4. The Bertz CT molecular complexity index is 613. The topological polar surface area (TPSA) is 72.8 Å². The summed E-state index contributed by atoms with van der Waals surface area (Å²) in [4.78, 5) is 22.4. The number of methoxy groups -OCH3 is 1. The predicted octanol–water partition coefficient (Wildman–Crippen LogP) is 2.43. The van der Waals surface area contributed by atoms with E-state index < -0.39 is 11.9 Å². The van der Waals surface area contributed by atoms with Gasteiger partial charge in [0.1, 0.15) is 11.4 Å². The van der Waals surface area contributed by atoms with Gasteiger partial charge in [-0.1, -0.05) is 6.07 Å². The number of carboxylic acid groups (broad SMARTS) is 1. The summed E-state index contributed by atoms with van der Waals surface area (Å²) >= 11 is 0. The van der Waals surface area contributed by atoms with Crippen molar-refractivity contribution in [3.63, 3.8) is 0 Å². The van der Waals surface area contributed by atoms with Gasteiger partial charge < -0.3 is 14.6 Å². The number of carbonyl (C=O) groups excluding carboxylic acids is 1. The highest BCUT2D eigenvalue weighted by molar-refractivity contribution is 5.97. The van der Waals surface area contributed by atoms with Crippen LogP contribution >= 0.6 is 0 Å². The molecule has 5 nitrogen and oxygen atoms in total. The van der Waals surface area contributed by atoms with Gasteiger partial charge in [-0.3, -0.25) is 4.79 Å². The normalized spacial score (nSPS) is 16.0. The van der Waals surface area contributed by atoms with Crippen LogP contribution in [0.1, 0.15) is 31.4 Å². The van der Waals surface area contributed by atoms with E-state index in [4.69, 9.17) is 9.84 Å². The zero-order valence-electron chi connectivity index (χ0n) is 12.3. The van der Waals surface area contributed by atoms with Crippen LogP contribution in [0, 0.1) is 0 Å². The number of rotatable bonds is 4. The van der Waals surface area contributed by atoms with E-state index in [1.165, 1.54) is 7.11 Å². The summed E-state index contributed by atoms with van der Waals surface area (Å²) < 4.78 is 10.4. The molecular formula is C16H18O5. The Labute approximate surface area is 123 Å².